The molecule has 0 spiro atoms. The van der Waals surface area contributed by atoms with Crippen LogP contribution in [0.4, 0.5) is 11.4 Å². The lowest BCUT2D eigenvalue weighted by atomic mass is 10.2. The summed E-state index contributed by atoms with van der Waals surface area (Å²) in [6.45, 7) is 4.39. The first-order chi connectivity index (χ1) is 13.2. The van der Waals surface area contributed by atoms with E-state index in [-0.39, 0.29) is 12.5 Å². The van der Waals surface area contributed by atoms with Gasteiger partial charge in [-0.2, -0.15) is 0 Å². The van der Waals surface area contributed by atoms with Gasteiger partial charge >= 0.3 is 0 Å². The smallest absolute Gasteiger partial charge is 0.241 e. The van der Waals surface area contributed by atoms with Crippen LogP contribution in [0.15, 0.2) is 42.5 Å². The van der Waals surface area contributed by atoms with Gasteiger partial charge in [-0.25, -0.2) is 0 Å². The van der Waals surface area contributed by atoms with Crippen LogP contribution in [0, 0.1) is 0 Å². The van der Waals surface area contributed by atoms with Crippen molar-refractivity contribution in [2.24, 2.45) is 0 Å². The Hall–Kier alpha value is -2.60. The lowest BCUT2D eigenvalue weighted by molar-refractivity contribution is -0.129. The second kappa shape index (κ2) is 7.96. The zero-order valence-corrected chi connectivity index (χ0v) is 15.7. The molecule has 0 atom stereocenters. The van der Waals surface area contributed by atoms with Crippen molar-refractivity contribution in [2.75, 3.05) is 56.2 Å². The van der Waals surface area contributed by atoms with Gasteiger partial charge in [0.2, 0.25) is 5.91 Å². The molecule has 1 saturated heterocycles. The average molecular weight is 388 g/mol. The molecule has 0 bridgehead atoms. The molecule has 0 unspecified atom stereocenters. The molecule has 1 N–H and O–H groups in total. The highest BCUT2D eigenvalue weighted by molar-refractivity contribution is 6.30. The van der Waals surface area contributed by atoms with E-state index in [1.807, 2.05) is 47.4 Å². The van der Waals surface area contributed by atoms with E-state index >= 15 is 0 Å². The molecule has 1 amide bonds. The molecule has 142 valence electrons. The molecule has 6 nitrogen and oxygen atoms in total. The quantitative estimate of drug-likeness (QED) is 0.874. The Balaban J connectivity index is 1.28. The minimum atomic E-state index is 0.0932. The number of carbonyl (C=O) groups is 1. The minimum absolute atomic E-state index is 0.0932. The van der Waals surface area contributed by atoms with Gasteiger partial charge in [-0.15, -0.1) is 0 Å². The van der Waals surface area contributed by atoms with E-state index in [1.54, 1.807) is 0 Å². The van der Waals surface area contributed by atoms with Gasteiger partial charge in [0.15, 0.2) is 11.5 Å². The molecular weight excluding hydrogens is 366 g/mol. The zero-order chi connectivity index (χ0) is 18.6. The van der Waals surface area contributed by atoms with Crippen molar-refractivity contribution in [2.45, 2.75) is 0 Å². The molecule has 2 aromatic carbocycles. The molecule has 1 fully saturated rings. The molecule has 7 heteroatoms. The highest BCUT2D eigenvalue weighted by Gasteiger charge is 2.21. The SMILES string of the molecule is O=C(CNc1ccc2c(c1)OCCO2)N1CCN(c2cccc(Cl)c2)CC1. The first-order valence-electron chi connectivity index (χ1n) is 9.11. The Morgan fingerprint density at radius 3 is 2.56 bits per heavy atom. The molecule has 2 heterocycles. The number of halogens is 1. The van der Waals surface area contributed by atoms with Gasteiger partial charge in [0, 0.05) is 48.6 Å². The van der Waals surface area contributed by atoms with Gasteiger partial charge in [0.05, 0.1) is 6.54 Å². The average Bonchev–Trinajstić information content (AvgIpc) is 2.72. The van der Waals surface area contributed by atoms with Crippen LogP contribution in [0.5, 0.6) is 11.5 Å². The Labute approximate surface area is 163 Å². The van der Waals surface area contributed by atoms with Gasteiger partial charge in [0.25, 0.3) is 0 Å². The van der Waals surface area contributed by atoms with Gasteiger partial charge in [-0.3, -0.25) is 4.79 Å². The van der Waals surface area contributed by atoms with E-state index in [0.717, 1.165) is 35.2 Å². The van der Waals surface area contributed by atoms with E-state index in [1.165, 1.54) is 0 Å². The highest BCUT2D eigenvalue weighted by atomic mass is 35.5. The van der Waals surface area contributed by atoms with E-state index in [9.17, 15) is 4.79 Å². The van der Waals surface area contributed by atoms with E-state index < -0.39 is 0 Å². The summed E-state index contributed by atoms with van der Waals surface area (Å²) >= 11 is 6.07. The second-order valence-electron chi connectivity index (χ2n) is 6.56. The van der Waals surface area contributed by atoms with Crippen LogP contribution in [0.1, 0.15) is 0 Å². The summed E-state index contributed by atoms with van der Waals surface area (Å²) in [5.41, 5.74) is 1.95. The van der Waals surface area contributed by atoms with Gasteiger partial charge in [-0.1, -0.05) is 17.7 Å². The summed E-state index contributed by atoms with van der Waals surface area (Å²) in [6, 6.07) is 13.5. The third-order valence-corrected chi connectivity index (χ3v) is 5.03. The lowest BCUT2D eigenvalue weighted by Crippen LogP contribution is -2.50. The number of nitrogens with one attached hydrogen (secondary N) is 1. The first-order valence-corrected chi connectivity index (χ1v) is 9.49. The minimum Gasteiger partial charge on any atom is -0.486 e. The number of rotatable bonds is 4. The monoisotopic (exact) mass is 387 g/mol. The maximum Gasteiger partial charge on any atom is 0.241 e. The fourth-order valence-corrected chi connectivity index (χ4v) is 3.51. The number of amides is 1. The Kier molecular flexibility index (Phi) is 5.25. The van der Waals surface area contributed by atoms with Crippen molar-refractivity contribution in [3.05, 3.63) is 47.5 Å². The van der Waals surface area contributed by atoms with Crippen molar-refractivity contribution in [1.29, 1.82) is 0 Å². The number of hydrogen-bond acceptors (Lipinski definition) is 5. The summed E-state index contributed by atoms with van der Waals surface area (Å²) in [7, 11) is 0. The summed E-state index contributed by atoms with van der Waals surface area (Å²) in [6.07, 6.45) is 0. The van der Waals surface area contributed by atoms with E-state index in [0.29, 0.717) is 32.1 Å². The molecule has 0 radical (unpaired) electrons. The Morgan fingerprint density at radius 1 is 1.00 bits per heavy atom. The molecular formula is C20H22ClN3O3. The van der Waals surface area contributed by atoms with Gasteiger partial charge in [-0.05, 0) is 30.3 Å². The van der Waals surface area contributed by atoms with Crippen LogP contribution in [0.2, 0.25) is 5.02 Å². The number of benzene rings is 2. The standard InChI is InChI=1S/C20H22ClN3O3/c21-15-2-1-3-17(12-15)23-6-8-24(9-7-23)20(25)14-22-16-4-5-18-19(13-16)27-11-10-26-18/h1-5,12-13,22H,6-11,14H2. The van der Waals surface area contributed by atoms with Crippen LogP contribution in [0.3, 0.4) is 0 Å². The van der Waals surface area contributed by atoms with Crippen LogP contribution in [-0.2, 0) is 4.79 Å². The van der Waals surface area contributed by atoms with Crippen molar-refractivity contribution >= 4 is 28.9 Å². The molecule has 2 aromatic rings. The molecule has 4 rings (SSSR count). The normalized spacial score (nSPS) is 16.2. The van der Waals surface area contributed by atoms with Crippen molar-refractivity contribution in [3.63, 3.8) is 0 Å². The molecule has 2 aliphatic heterocycles. The maximum absolute atomic E-state index is 12.5. The van der Waals surface area contributed by atoms with Crippen LogP contribution in [0.25, 0.3) is 0 Å². The van der Waals surface area contributed by atoms with Crippen LogP contribution >= 0.6 is 11.6 Å². The summed E-state index contributed by atoms with van der Waals surface area (Å²) in [5, 5.41) is 3.92. The molecule has 27 heavy (non-hydrogen) atoms. The predicted molar refractivity (Wildman–Crippen MR) is 106 cm³/mol. The van der Waals surface area contributed by atoms with Crippen molar-refractivity contribution in [1.82, 2.24) is 4.90 Å². The second-order valence-corrected chi connectivity index (χ2v) is 7.00. The summed E-state index contributed by atoms with van der Waals surface area (Å²) in [5.74, 6) is 1.56. The largest absolute Gasteiger partial charge is 0.486 e. The van der Waals surface area contributed by atoms with Gasteiger partial charge in [0.1, 0.15) is 13.2 Å². The molecule has 0 aromatic heterocycles. The van der Waals surface area contributed by atoms with Gasteiger partial charge < -0.3 is 24.6 Å². The number of ether oxygens (including phenoxy) is 2. The zero-order valence-electron chi connectivity index (χ0n) is 15.0. The van der Waals surface area contributed by atoms with Crippen molar-refractivity contribution < 1.29 is 14.3 Å². The number of anilines is 2. The van der Waals surface area contributed by atoms with E-state index in [2.05, 4.69) is 10.2 Å². The van der Waals surface area contributed by atoms with Crippen molar-refractivity contribution in [3.8, 4) is 11.5 Å². The first kappa shape index (κ1) is 17.8. The third-order valence-electron chi connectivity index (χ3n) is 4.79. The Bertz CT molecular complexity index is 822. The third kappa shape index (κ3) is 4.22. The molecule has 2 aliphatic rings. The molecule has 0 aliphatic carbocycles. The van der Waals surface area contributed by atoms with Crippen LogP contribution < -0.4 is 19.7 Å². The summed E-state index contributed by atoms with van der Waals surface area (Å²) in [4.78, 5) is 16.7. The lowest BCUT2D eigenvalue weighted by Gasteiger charge is -2.36. The Morgan fingerprint density at radius 2 is 1.78 bits per heavy atom. The number of hydrogen-bond donors (Lipinski definition) is 1. The topological polar surface area (TPSA) is 54.0 Å². The molecule has 0 saturated carbocycles. The fourth-order valence-electron chi connectivity index (χ4n) is 3.33. The highest BCUT2D eigenvalue weighted by Crippen LogP contribution is 2.32. The number of carbonyl (C=O) groups excluding carboxylic acids is 1. The predicted octanol–water partition coefficient (Wildman–Crippen LogP) is 2.87. The number of fused-ring (bicyclic) bond motifs is 1. The van der Waals surface area contributed by atoms with E-state index in [4.69, 9.17) is 21.1 Å². The summed E-state index contributed by atoms with van der Waals surface area (Å²) < 4.78 is 11.1. The van der Waals surface area contributed by atoms with Crippen LogP contribution in [-0.4, -0.2) is 56.7 Å². The maximum atomic E-state index is 12.5. The number of piperazine rings is 1. The fraction of sp³-hybridized carbons (Fsp3) is 0.350. The number of nitrogens with zero attached hydrogens (tertiary/aromatic N) is 2.